The van der Waals surface area contributed by atoms with Gasteiger partial charge in [0.05, 0.1) is 17.4 Å². The van der Waals surface area contributed by atoms with E-state index < -0.39 is 0 Å². The van der Waals surface area contributed by atoms with Crippen molar-refractivity contribution in [2.24, 2.45) is 5.41 Å². The molecule has 2 rings (SSSR count). The average Bonchev–Trinajstić information content (AvgIpc) is 3.07. The number of aromatic nitrogens is 2. The van der Waals surface area contributed by atoms with Crippen LogP contribution in [0.15, 0.2) is 12.4 Å². The molecule has 1 fully saturated rings. The van der Waals surface area contributed by atoms with Crippen molar-refractivity contribution in [3.8, 4) is 0 Å². The average molecular weight is 242 g/mol. The molecule has 1 aliphatic rings. The lowest BCUT2D eigenvalue weighted by Gasteiger charge is -2.15. The summed E-state index contributed by atoms with van der Waals surface area (Å²) >= 11 is 5.71. The Hall–Kier alpha value is -0.870. The summed E-state index contributed by atoms with van der Waals surface area (Å²) in [7, 11) is 1.74. The zero-order valence-corrected chi connectivity index (χ0v) is 10.1. The molecule has 1 aromatic heterocycles. The molecular formula is C11H16ClN3O. The van der Waals surface area contributed by atoms with Gasteiger partial charge in [-0.3, -0.25) is 0 Å². The summed E-state index contributed by atoms with van der Waals surface area (Å²) < 4.78 is 5.11. The molecule has 4 nitrogen and oxygen atoms in total. The predicted octanol–water partition coefficient (Wildman–Crippen LogP) is 2.36. The largest absolute Gasteiger partial charge is 0.385 e. The van der Waals surface area contributed by atoms with Crippen molar-refractivity contribution < 1.29 is 4.74 Å². The second-order valence-electron chi connectivity index (χ2n) is 4.32. The maximum absolute atomic E-state index is 5.71. The maximum Gasteiger partial charge on any atom is 0.222 e. The van der Waals surface area contributed by atoms with Gasteiger partial charge in [-0.25, -0.2) is 9.97 Å². The van der Waals surface area contributed by atoms with Crippen LogP contribution in [-0.2, 0) is 4.74 Å². The molecular weight excluding hydrogens is 226 g/mol. The van der Waals surface area contributed by atoms with E-state index in [9.17, 15) is 0 Å². The first kappa shape index (κ1) is 11.6. The summed E-state index contributed by atoms with van der Waals surface area (Å²) in [6, 6.07) is 0. The number of ether oxygens (including phenoxy) is 1. The molecule has 16 heavy (non-hydrogen) atoms. The lowest BCUT2D eigenvalue weighted by atomic mass is 10.0. The van der Waals surface area contributed by atoms with Gasteiger partial charge in [0, 0.05) is 20.3 Å². The Morgan fingerprint density at radius 3 is 2.69 bits per heavy atom. The Morgan fingerprint density at radius 2 is 2.12 bits per heavy atom. The van der Waals surface area contributed by atoms with Crippen molar-refractivity contribution in [3.63, 3.8) is 0 Å². The summed E-state index contributed by atoms with van der Waals surface area (Å²) in [5.74, 6) is 0.646. The van der Waals surface area contributed by atoms with Crippen molar-refractivity contribution in [1.82, 2.24) is 9.97 Å². The van der Waals surface area contributed by atoms with Crippen molar-refractivity contribution in [2.45, 2.75) is 19.3 Å². The topological polar surface area (TPSA) is 47.0 Å². The number of rotatable bonds is 6. The molecule has 0 amide bonds. The van der Waals surface area contributed by atoms with Crippen LogP contribution >= 0.6 is 11.6 Å². The first-order valence-electron chi connectivity index (χ1n) is 5.44. The molecule has 0 spiro atoms. The van der Waals surface area contributed by atoms with Gasteiger partial charge in [0.2, 0.25) is 5.95 Å². The Morgan fingerprint density at radius 1 is 1.44 bits per heavy atom. The summed E-state index contributed by atoms with van der Waals surface area (Å²) in [4.78, 5) is 8.21. The summed E-state index contributed by atoms with van der Waals surface area (Å²) in [5.41, 5.74) is 0.402. The van der Waals surface area contributed by atoms with Crippen LogP contribution in [0.4, 0.5) is 5.95 Å². The Balaban J connectivity index is 1.81. The first-order valence-corrected chi connectivity index (χ1v) is 5.82. The van der Waals surface area contributed by atoms with Crippen LogP contribution in [0.3, 0.4) is 0 Å². The van der Waals surface area contributed by atoms with Gasteiger partial charge in [0.1, 0.15) is 0 Å². The fourth-order valence-corrected chi connectivity index (χ4v) is 1.78. The van der Waals surface area contributed by atoms with Crippen LogP contribution in [0.2, 0.25) is 5.02 Å². The molecule has 1 N–H and O–H groups in total. The van der Waals surface area contributed by atoms with E-state index in [0.29, 0.717) is 16.4 Å². The van der Waals surface area contributed by atoms with E-state index in [1.165, 1.54) is 12.8 Å². The molecule has 1 aromatic rings. The number of anilines is 1. The van der Waals surface area contributed by atoms with E-state index in [1.54, 1.807) is 19.5 Å². The van der Waals surface area contributed by atoms with Gasteiger partial charge in [-0.1, -0.05) is 11.6 Å². The lowest BCUT2D eigenvalue weighted by molar-refractivity contribution is 0.175. The number of nitrogens with zero attached hydrogens (tertiary/aromatic N) is 2. The number of methoxy groups -OCH3 is 1. The highest BCUT2D eigenvalue weighted by atomic mass is 35.5. The van der Waals surface area contributed by atoms with E-state index in [1.807, 2.05) is 0 Å². The number of halogens is 1. The standard InChI is InChI=1S/C11H16ClN3O/c1-16-5-4-11(2-3-11)8-15-10-13-6-9(12)7-14-10/h6-7H,2-5,8H2,1H3,(H,13,14,15). The van der Waals surface area contributed by atoms with E-state index in [4.69, 9.17) is 16.3 Å². The summed E-state index contributed by atoms with van der Waals surface area (Å²) in [5, 5.41) is 3.81. The van der Waals surface area contributed by atoms with Crippen LogP contribution < -0.4 is 5.32 Å². The second kappa shape index (κ2) is 4.97. The van der Waals surface area contributed by atoms with Gasteiger partial charge in [-0.05, 0) is 24.7 Å². The third-order valence-corrected chi connectivity index (χ3v) is 3.23. The molecule has 5 heteroatoms. The van der Waals surface area contributed by atoms with Crippen LogP contribution in [0, 0.1) is 5.41 Å². The van der Waals surface area contributed by atoms with E-state index in [0.717, 1.165) is 19.6 Å². The highest BCUT2D eigenvalue weighted by molar-refractivity contribution is 6.30. The van der Waals surface area contributed by atoms with E-state index in [-0.39, 0.29) is 0 Å². The smallest absolute Gasteiger partial charge is 0.222 e. The Labute approximate surface area is 100 Å². The monoisotopic (exact) mass is 241 g/mol. The highest BCUT2D eigenvalue weighted by Crippen LogP contribution is 2.48. The second-order valence-corrected chi connectivity index (χ2v) is 4.76. The predicted molar refractivity (Wildman–Crippen MR) is 63.7 cm³/mol. The SMILES string of the molecule is COCCC1(CNc2ncc(Cl)cn2)CC1. The van der Waals surface area contributed by atoms with Gasteiger partial charge >= 0.3 is 0 Å². The van der Waals surface area contributed by atoms with Crippen LogP contribution in [0.25, 0.3) is 0 Å². The minimum atomic E-state index is 0.402. The van der Waals surface area contributed by atoms with Gasteiger partial charge < -0.3 is 10.1 Å². The van der Waals surface area contributed by atoms with Crippen molar-refractivity contribution >= 4 is 17.5 Å². The molecule has 0 aromatic carbocycles. The Bertz CT molecular complexity index is 338. The fraction of sp³-hybridized carbons (Fsp3) is 0.636. The lowest BCUT2D eigenvalue weighted by Crippen LogP contribution is -2.18. The molecule has 1 aliphatic carbocycles. The minimum Gasteiger partial charge on any atom is -0.385 e. The molecule has 0 aliphatic heterocycles. The number of hydrogen-bond acceptors (Lipinski definition) is 4. The van der Waals surface area contributed by atoms with Crippen molar-refractivity contribution in [1.29, 1.82) is 0 Å². The summed E-state index contributed by atoms with van der Waals surface area (Å²) in [6.45, 7) is 1.74. The fourth-order valence-electron chi connectivity index (χ4n) is 1.68. The quantitative estimate of drug-likeness (QED) is 0.831. The van der Waals surface area contributed by atoms with Gasteiger partial charge in [0.15, 0.2) is 0 Å². The zero-order chi connectivity index (χ0) is 11.4. The normalized spacial score (nSPS) is 17.1. The van der Waals surface area contributed by atoms with Crippen molar-refractivity contribution in [3.05, 3.63) is 17.4 Å². The zero-order valence-electron chi connectivity index (χ0n) is 9.37. The molecule has 1 saturated carbocycles. The highest BCUT2D eigenvalue weighted by Gasteiger charge is 2.41. The van der Waals surface area contributed by atoms with E-state index >= 15 is 0 Å². The van der Waals surface area contributed by atoms with Crippen LogP contribution in [0.1, 0.15) is 19.3 Å². The molecule has 0 unspecified atom stereocenters. The third kappa shape index (κ3) is 3.06. The molecule has 0 bridgehead atoms. The summed E-state index contributed by atoms with van der Waals surface area (Å²) in [6.07, 6.45) is 6.83. The number of hydrogen-bond donors (Lipinski definition) is 1. The first-order chi connectivity index (χ1) is 7.74. The number of nitrogens with one attached hydrogen (secondary N) is 1. The molecule has 0 atom stereocenters. The molecule has 1 heterocycles. The Kier molecular flexibility index (Phi) is 3.61. The van der Waals surface area contributed by atoms with Gasteiger partial charge in [-0.15, -0.1) is 0 Å². The van der Waals surface area contributed by atoms with Crippen molar-refractivity contribution in [2.75, 3.05) is 25.6 Å². The molecule has 0 saturated heterocycles. The third-order valence-electron chi connectivity index (χ3n) is 3.04. The maximum atomic E-state index is 5.71. The minimum absolute atomic E-state index is 0.402. The van der Waals surface area contributed by atoms with Gasteiger partial charge in [-0.2, -0.15) is 0 Å². The van der Waals surface area contributed by atoms with Crippen LogP contribution in [0.5, 0.6) is 0 Å². The van der Waals surface area contributed by atoms with Crippen LogP contribution in [-0.4, -0.2) is 30.2 Å². The molecule has 88 valence electrons. The van der Waals surface area contributed by atoms with Gasteiger partial charge in [0.25, 0.3) is 0 Å². The van der Waals surface area contributed by atoms with E-state index in [2.05, 4.69) is 15.3 Å². The molecule has 0 radical (unpaired) electrons.